The molecular formula is C12H11FN2O4. The summed E-state index contributed by atoms with van der Waals surface area (Å²) in [6.07, 6.45) is 0. The number of nitro groups is 1. The molecule has 1 aromatic heterocycles. The predicted molar refractivity (Wildman–Crippen MR) is 65.6 cm³/mol. The van der Waals surface area contributed by atoms with Crippen LogP contribution in [0, 0.1) is 15.9 Å². The SMILES string of the molecule is COc1cc(F)ccc1NCc1ccc([N+](=O)[O-])o1. The molecule has 0 spiro atoms. The second-order valence-electron chi connectivity index (χ2n) is 3.70. The Hall–Kier alpha value is -2.57. The van der Waals surface area contributed by atoms with Gasteiger partial charge in [-0.25, -0.2) is 4.39 Å². The van der Waals surface area contributed by atoms with Gasteiger partial charge in [0.25, 0.3) is 0 Å². The smallest absolute Gasteiger partial charge is 0.433 e. The zero-order valence-electron chi connectivity index (χ0n) is 10.1. The van der Waals surface area contributed by atoms with Gasteiger partial charge in [0, 0.05) is 6.07 Å². The largest absolute Gasteiger partial charge is 0.494 e. The number of rotatable bonds is 5. The Bertz CT molecular complexity index is 597. The van der Waals surface area contributed by atoms with E-state index >= 15 is 0 Å². The number of hydrogen-bond donors (Lipinski definition) is 1. The zero-order chi connectivity index (χ0) is 13.8. The number of ether oxygens (including phenoxy) is 1. The molecule has 0 aliphatic heterocycles. The normalized spacial score (nSPS) is 10.2. The lowest BCUT2D eigenvalue weighted by Gasteiger charge is -2.09. The van der Waals surface area contributed by atoms with Crippen molar-refractivity contribution in [1.82, 2.24) is 0 Å². The van der Waals surface area contributed by atoms with Crippen LogP contribution < -0.4 is 10.1 Å². The van der Waals surface area contributed by atoms with Crippen LogP contribution >= 0.6 is 0 Å². The highest BCUT2D eigenvalue weighted by Crippen LogP contribution is 2.26. The topological polar surface area (TPSA) is 77.5 Å². The maximum absolute atomic E-state index is 13.0. The van der Waals surface area contributed by atoms with Crippen molar-refractivity contribution in [1.29, 1.82) is 0 Å². The summed E-state index contributed by atoms with van der Waals surface area (Å²) in [7, 11) is 1.43. The number of hydrogen-bond acceptors (Lipinski definition) is 5. The third kappa shape index (κ3) is 3.01. The van der Waals surface area contributed by atoms with Crippen LogP contribution in [-0.2, 0) is 6.54 Å². The van der Waals surface area contributed by atoms with Crippen LogP contribution in [0.3, 0.4) is 0 Å². The average Bonchev–Trinajstić information content (AvgIpc) is 2.86. The van der Waals surface area contributed by atoms with Crippen molar-refractivity contribution in [3.63, 3.8) is 0 Å². The van der Waals surface area contributed by atoms with Crippen molar-refractivity contribution in [2.24, 2.45) is 0 Å². The quantitative estimate of drug-likeness (QED) is 0.665. The number of anilines is 1. The van der Waals surface area contributed by atoms with E-state index in [1.165, 1.54) is 37.4 Å². The lowest BCUT2D eigenvalue weighted by atomic mass is 10.2. The molecule has 1 N–H and O–H groups in total. The Morgan fingerprint density at radius 3 is 2.84 bits per heavy atom. The standard InChI is InChI=1S/C12H11FN2O4/c1-18-11-6-8(13)2-4-10(11)14-7-9-3-5-12(19-9)15(16)17/h2-6,14H,7H2,1H3. The Morgan fingerprint density at radius 1 is 1.42 bits per heavy atom. The highest BCUT2D eigenvalue weighted by atomic mass is 19.1. The van der Waals surface area contributed by atoms with E-state index in [1.54, 1.807) is 0 Å². The van der Waals surface area contributed by atoms with Gasteiger partial charge >= 0.3 is 5.88 Å². The fraction of sp³-hybridized carbons (Fsp3) is 0.167. The average molecular weight is 266 g/mol. The maximum atomic E-state index is 13.0. The monoisotopic (exact) mass is 266 g/mol. The Morgan fingerprint density at radius 2 is 2.21 bits per heavy atom. The zero-order valence-corrected chi connectivity index (χ0v) is 10.1. The fourth-order valence-corrected chi connectivity index (χ4v) is 1.55. The first kappa shape index (κ1) is 12.9. The van der Waals surface area contributed by atoms with Crippen molar-refractivity contribution >= 4 is 11.6 Å². The summed E-state index contributed by atoms with van der Waals surface area (Å²) in [5, 5.41) is 13.4. The van der Waals surface area contributed by atoms with Crippen molar-refractivity contribution in [3.05, 3.63) is 52.0 Å². The summed E-state index contributed by atoms with van der Waals surface area (Å²) in [5.41, 5.74) is 0.572. The van der Waals surface area contributed by atoms with E-state index in [9.17, 15) is 14.5 Å². The van der Waals surface area contributed by atoms with Crippen molar-refractivity contribution < 1.29 is 18.5 Å². The van der Waals surface area contributed by atoms with Crippen LogP contribution in [0.15, 0.2) is 34.7 Å². The summed E-state index contributed by atoms with van der Waals surface area (Å²) in [6, 6.07) is 6.83. The molecule has 1 aromatic carbocycles. The van der Waals surface area contributed by atoms with E-state index in [-0.39, 0.29) is 12.4 Å². The van der Waals surface area contributed by atoms with Gasteiger partial charge in [0.1, 0.15) is 22.3 Å². The minimum atomic E-state index is -0.609. The summed E-state index contributed by atoms with van der Waals surface area (Å²) in [6.45, 7) is 0.232. The van der Waals surface area contributed by atoms with Gasteiger partial charge < -0.3 is 14.5 Å². The minimum Gasteiger partial charge on any atom is -0.494 e. The molecule has 7 heteroatoms. The second kappa shape index (κ2) is 5.38. The number of methoxy groups -OCH3 is 1. The molecule has 0 radical (unpaired) electrons. The summed E-state index contributed by atoms with van der Waals surface area (Å²) in [5.74, 6) is 0.0260. The third-order valence-corrected chi connectivity index (χ3v) is 2.44. The number of nitrogens with one attached hydrogen (secondary N) is 1. The van der Waals surface area contributed by atoms with Crippen LogP contribution in [0.2, 0.25) is 0 Å². The summed E-state index contributed by atoms with van der Waals surface area (Å²) in [4.78, 5) is 9.85. The number of furan rings is 1. The summed E-state index contributed by atoms with van der Waals surface area (Å²) < 4.78 is 23.0. The van der Waals surface area contributed by atoms with Gasteiger partial charge in [0.15, 0.2) is 0 Å². The molecule has 6 nitrogen and oxygen atoms in total. The maximum Gasteiger partial charge on any atom is 0.433 e. The molecule has 0 amide bonds. The molecule has 0 aliphatic rings. The van der Waals surface area contributed by atoms with Crippen LogP contribution in [0.1, 0.15) is 5.76 Å². The van der Waals surface area contributed by atoms with E-state index in [4.69, 9.17) is 9.15 Å². The molecule has 0 unspecified atom stereocenters. The van der Waals surface area contributed by atoms with Crippen LogP contribution in [0.5, 0.6) is 5.75 Å². The Labute approximate surface area is 107 Å². The molecule has 0 saturated heterocycles. The minimum absolute atomic E-state index is 0.232. The van der Waals surface area contributed by atoms with Gasteiger partial charge in [0.05, 0.1) is 25.4 Å². The summed E-state index contributed by atoms with van der Waals surface area (Å²) >= 11 is 0. The first-order valence-corrected chi connectivity index (χ1v) is 5.40. The van der Waals surface area contributed by atoms with Crippen LogP contribution in [0.25, 0.3) is 0 Å². The lowest BCUT2D eigenvalue weighted by Crippen LogP contribution is -2.00. The van der Waals surface area contributed by atoms with Gasteiger partial charge in [-0.2, -0.15) is 0 Å². The number of nitrogens with zero attached hydrogens (tertiary/aromatic N) is 1. The molecule has 0 saturated carbocycles. The van der Waals surface area contributed by atoms with E-state index in [0.717, 1.165) is 0 Å². The van der Waals surface area contributed by atoms with Gasteiger partial charge in [0.2, 0.25) is 0 Å². The van der Waals surface area contributed by atoms with Gasteiger partial charge in [-0.05, 0) is 18.2 Å². The third-order valence-electron chi connectivity index (χ3n) is 2.44. The van der Waals surface area contributed by atoms with E-state index in [2.05, 4.69) is 5.32 Å². The molecule has 1 heterocycles. The molecular weight excluding hydrogens is 255 g/mol. The Kier molecular flexibility index (Phi) is 3.65. The molecule has 2 aromatic rings. The van der Waals surface area contributed by atoms with E-state index in [0.29, 0.717) is 17.2 Å². The van der Waals surface area contributed by atoms with Crippen molar-refractivity contribution in [2.75, 3.05) is 12.4 Å². The van der Waals surface area contributed by atoms with Crippen molar-refractivity contribution in [2.45, 2.75) is 6.54 Å². The van der Waals surface area contributed by atoms with E-state index in [1.807, 2.05) is 0 Å². The fourth-order valence-electron chi connectivity index (χ4n) is 1.55. The molecule has 2 rings (SSSR count). The predicted octanol–water partition coefficient (Wildman–Crippen LogP) is 2.95. The lowest BCUT2D eigenvalue weighted by molar-refractivity contribution is -0.402. The first-order valence-electron chi connectivity index (χ1n) is 5.40. The van der Waals surface area contributed by atoms with Crippen LogP contribution in [0.4, 0.5) is 16.0 Å². The van der Waals surface area contributed by atoms with Gasteiger partial charge in [-0.1, -0.05) is 0 Å². The van der Waals surface area contributed by atoms with Gasteiger partial charge in [-0.15, -0.1) is 0 Å². The molecule has 19 heavy (non-hydrogen) atoms. The van der Waals surface area contributed by atoms with Gasteiger partial charge in [-0.3, -0.25) is 10.1 Å². The number of benzene rings is 1. The molecule has 0 bridgehead atoms. The number of halogens is 1. The van der Waals surface area contributed by atoms with Crippen molar-refractivity contribution in [3.8, 4) is 5.75 Å². The molecule has 0 atom stereocenters. The van der Waals surface area contributed by atoms with Crippen LogP contribution in [-0.4, -0.2) is 12.0 Å². The highest BCUT2D eigenvalue weighted by molar-refractivity contribution is 5.56. The highest BCUT2D eigenvalue weighted by Gasteiger charge is 2.12. The molecule has 0 aliphatic carbocycles. The van der Waals surface area contributed by atoms with E-state index < -0.39 is 10.7 Å². The second-order valence-corrected chi connectivity index (χ2v) is 3.70. The molecule has 100 valence electrons. The first-order chi connectivity index (χ1) is 9.10. The molecule has 0 fully saturated rings. The Balaban J connectivity index is 2.07.